The van der Waals surface area contributed by atoms with Crippen molar-refractivity contribution in [2.75, 3.05) is 6.54 Å². The molecule has 0 bridgehead atoms. The van der Waals surface area contributed by atoms with Gasteiger partial charge in [-0.25, -0.2) is 4.79 Å². The van der Waals surface area contributed by atoms with Crippen LogP contribution in [0.5, 0.6) is 0 Å². The van der Waals surface area contributed by atoms with E-state index >= 15 is 0 Å². The van der Waals surface area contributed by atoms with Gasteiger partial charge in [0.2, 0.25) is 0 Å². The fourth-order valence-corrected chi connectivity index (χ4v) is 1.58. The summed E-state index contributed by atoms with van der Waals surface area (Å²) < 4.78 is 0. The molecule has 0 aliphatic carbocycles. The molecule has 0 radical (unpaired) electrons. The van der Waals surface area contributed by atoms with Gasteiger partial charge in [-0.15, -0.1) is 0 Å². The summed E-state index contributed by atoms with van der Waals surface area (Å²) in [6.07, 6.45) is 0.169. The van der Waals surface area contributed by atoms with Crippen LogP contribution < -0.4 is 0 Å². The van der Waals surface area contributed by atoms with Gasteiger partial charge in [-0.3, -0.25) is 4.79 Å². The van der Waals surface area contributed by atoms with Gasteiger partial charge in [0.15, 0.2) is 0 Å². The van der Waals surface area contributed by atoms with Crippen molar-refractivity contribution < 1.29 is 19.8 Å². The highest BCUT2D eigenvalue weighted by molar-refractivity contribution is 5.72. The van der Waals surface area contributed by atoms with Gasteiger partial charge >= 0.3 is 12.1 Å². The van der Waals surface area contributed by atoms with Crippen molar-refractivity contribution >= 4 is 12.1 Å². The molecule has 0 aromatic heterocycles. The first-order chi connectivity index (χ1) is 6.02. The summed E-state index contributed by atoms with van der Waals surface area (Å²) in [6.45, 7) is 1.91. The normalized spacial score (nSPS) is 28.5. The first-order valence-electron chi connectivity index (χ1n) is 4.24. The molecule has 5 heteroatoms. The van der Waals surface area contributed by atoms with E-state index in [-0.39, 0.29) is 12.6 Å². The number of rotatable bonds is 1. The number of carboxylic acids is 1. The number of aliphatic carboxylic acids is 1. The molecule has 2 atom stereocenters. The van der Waals surface area contributed by atoms with Crippen molar-refractivity contribution in [3.05, 3.63) is 0 Å². The average molecular weight is 187 g/mol. The van der Waals surface area contributed by atoms with Crippen LogP contribution in [0.1, 0.15) is 19.8 Å². The zero-order valence-corrected chi connectivity index (χ0v) is 7.43. The molecule has 74 valence electrons. The van der Waals surface area contributed by atoms with Crippen LogP contribution in [0.3, 0.4) is 0 Å². The van der Waals surface area contributed by atoms with Crippen LogP contribution in [0, 0.1) is 5.92 Å². The SMILES string of the molecule is C[C@@H]1CC[C@H](C(=O)O)CN1C(=O)O. The van der Waals surface area contributed by atoms with E-state index in [1.54, 1.807) is 6.92 Å². The molecule has 1 aliphatic heterocycles. The lowest BCUT2D eigenvalue weighted by Crippen LogP contribution is -2.46. The molecule has 1 saturated heterocycles. The maximum Gasteiger partial charge on any atom is 0.407 e. The van der Waals surface area contributed by atoms with Crippen molar-refractivity contribution in [3.63, 3.8) is 0 Å². The molecule has 0 saturated carbocycles. The molecule has 1 fully saturated rings. The van der Waals surface area contributed by atoms with Crippen molar-refractivity contribution in [3.8, 4) is 0 Å². The number of likely N-dealkylation sites (tertiary alicyclic amines) is 1. The van der Waals surface area contributed by atoms with Gasteiger partial charge in [0, 0.05) is 12.6 Å². The molecule has 5 nitrogen and oxygen atoms in total. The smallest absolute Gasteiger partial charge is 0.407 e. The number of hydrogen-bond donors (Lipinski definition) is 2. The van der Waals surface area contributed by atoms with Gasteiger partial charge in [0.05, 0.1) is 5.92 Å². The summed E-state index contributed by atoms with van der Waals surface area (Å²) in [5.41, 5.74) is 0. The van der Waals surface area contributed by atoms with E-state index in [2.05, 4.69) is 0 Å². The summed E-state index contributed by atoms with van der Waals surface area (Å²) in [7, 11) is 0. The number of carbonyl (C=O) groups is 2. The first-order valence-corrected chi connectivity index (χ1v) is 4.24. The zero-order valence-electron chi connectivity index (χ0n) is 7.43. The number of carboxylic acid groups (broad SMARTS) is 2. The highest BCUT2D eigenvalue weighted by Crippen LogP contribution is 2.21. The van der Waals surface area contributed by atoms with Gasteiger partial charge in [-0.1, -0.05) is 0 Å². The van der Waals surface area contributed by atoms with Crippen molar-refractivity contribution in [2.45, 2.75) is 25.8 Å². The molecular weight excluding hydrogens is 174 g/mol. The molecule has 1 heterocycles. The van der Waals surface area contributed by atoms with Gasteiger partial charge in [0.1, 0.15) is 0 Å². The van der Waals surface area contributed by atoms with E-state index in [9.17, 15) is 9.59 Å². The Morgan fingerprint density at radius 3 is 2.38 bits per heavy atom. The molecule has 0 aromatic carbocycles. The zero-order chi connectivity index (χ0) is 10.0. The van der Waals surface area contributed by atoms with E-state index in [0.29, 0.717) is 12.8 Å². The van der Waals surface area contributed by atoms with E-state index < -0.39 is 18.0 Å². The molecule has 0 unspecified atom stereocenters. The summed E-state index contributed by atoms with van der Waals surface area (Å²) in [5.74, 6) is -1.44. The minimum Gasteiger partial charge on any atom is -0.481 e. The highest BCUT2D eigenvalue weighted by Gasteiger charge is 2.32. The van der Waals surface area contributed by atoms with Crippen LogP contribution in [0.25, 0.3) is 0 Å². The third-order valence-corrected chi connectivity index (χ3v) is 2.48. The van der Waals surface area contributed by atoms with E-state index in [1.165, 1.54) is 4.90 Å². The van der Waals surface area contributed by atoms with Gasteiger partial charge in [-0.05, 0) is 19.8 Å². The lowest BCUT2D eigenvalue weighted by Gasteiger charge is -2.34. The number of hydrogen-bond acceptors (Lipinski definition) is 2. The third kappa shape index (κ3) is 2.11. The first kappa shape index (κ1) is 9.83. The van der Waals surface area contributed by atoms with Crippen LogP contribution in [-0.4, -0.2) is 39.8 Å². The Hall–Kier alpha value is -1.26. The standard InChI is InChI=1S/C8H13NO4/c1-5-2-3-6(7(10)11)4-9(5)8(12)13/h5-6H,2-4H2,1H3,(H,10,11)(H,12,13)/t5-,6+/m1/s1. The monoisotopic (exact) mass is 187 g/mol. The molecule has 13 heavy (non-hydrogen) atoms. The van der Waals surface area contributed by atoms with Crippen LogP contribution in [0.4, 0.5) is 4.79 Å². The molecule has 0 spiro atoms. The minimum atomic E-state index is -1.03. The topological polar surface area (TPSA) is 77.8 Å². The molecule has 1 amide bonds. The second-order valence-corrected chi connectivity index (χ2v) is 3.40. The molecular formula is C8H13NO4. The Morgan fingerprint density at radius 2 is 1.92 bits per heavy atom. The van der Waals surface area contributed by atoms with Gasteiger partial charge < -0.3 is 15.1 Å². The molecule has 2 N–H and O–H groups in total. The lowest BCUT2D eigenvalue weighted by atomic mass is 9.94. The Labute approximate surface area is 76.0 Å². The largest absolute Gasteiger partial charge is 0.481 e. The van der Waals surface area contributed by atoms with Crippen LogP contribution in [0.2, 0.25) is 0 Å². The Bertz CT molecular complexity index is 228. The number of amides is 1. The third-order valence-electron chi connectivity index (χ3n) is 2.48. The summed E-state index contributed by atoms with van der Waals surface area (Å²) in [5, 5.41) is 17.4. The summed E-state index contributed by atoms with van der Waals surface area (Å²) in [4.78, 5) is 22.5. The van der Waals surface area contributed by atoms with Crippen molar-refractivity contribution in [1.82, 2.24) is 4.90 Å². The van der Waals surface area contributed by atoms with Gasteiger partial charge in [-0.2, -0.15) is 0 Å². The molecule has 1 aliphatic rings. The van der Waals surface area contributed by atoms with E-state index in [0.717, 1.165) is 0 Å². The molecule has 1 rings (SSSR count). The second-order valence-electron chi connectivity index (χ2n) is 3.40. The second kappa shape index (κ2) is 3.64. The molecule has 0 aromatic rings. The van der Waals surface area contributed by atoms with E-state index in [1.807, 2.05) is 0 Å². The quantitative estimate of drug-likeness (QED) is 0.637. The van der Waals surface area contributed by atoms with Crippen LogP contribution >= 0.6 is 0 Å². The predicted octanol–water partition coefficient (Wildman–Crippen LogP) is 0.850. The van der Waals surface area contributed by atoms with Crippen LogP contribution in [0.15, 0.2) is 0 Å². The highest BCUT2D eigenvalue weighted by atomic mass is 16.4. The Kier molecular flexibility index (Phi) is 2.75. The maximum atomic E-state index is 10.7. The fourth-order valence-electron chi connectivity index (χ4n) is 1.58. The van der Waals surface area contributed by atoms with Crippen LogP contribution in [-0.2, 0) is 4.79 Å². The summed E-state index contributed by atoms with van der Waals surface area (Å²) >= 11 is 0. The van der Waals surface area contributed by atoms with Crippen molar-refractivity contribution in [1.29, 1.82) is 0 Å². The Morgan fingerprint density at radius 1 is 1.31 bits per heavy atom. The van der Waals surface area contributed by atoms with E-state index in [4.69, 9.17) is 10.2 Å². The van der Waals surface area contributed by atoms with Crippen molar-refractivity contribution in [2.24, 2.45) is 5.92 Å². The Balaban J connectivity index is 2.63. The number of piperidine rings is 1. The fraction of sp³-hybridized carbons (Fsp3) is 0.750. The average Bonchev–Trinajstić information content (AvgIpc) is 2.04. The number of nitrogens with zero attached hydrogens (tertiary/aromatic N) is 1. The summed E-state index contributed by atoms with van der Waals surface area (Å²) in [6, 6.07) is -0.0619. The lowest BCUT2D eigenvalue weighted by molar-refractivity contribution is -0.143. The predicted molar refractivity (Wildman–Crippen MR) is 44.6 cm³/mol. The minimum absolute atomic E-state index is 0.0619. The maximum absolute atomic E-state index is 10.7. The van der Waals surface area contributed by atoms with Gasteiger partial charge in [0.25, 0.3) is 0 Å².